The molecule has 4 rings (SSSR count). The zero-order valence-corrected chi connectivity index (χ0v) is 21.5. The van der Waals surface area contributed by atoms with E-state index in [9.17, 15) is 9.90 Å². The van der Waals surface area contributed by atoms with Crippen molar-refractivity contribution >= 4 is 74.7 Å². The minimum absolute atomic E-state index is 0.0360. The van der Waals surface area contributed by atoms with E-state index in [1.54, 1.807) is 12.1 Å². The lowest BCUT2D eigenvalue weighted by Crippen LogP contribution is -2.13. The summed E-state index contributed by atoms with van der Waals surface area (Å²) in [6, 6.07) is 12.7. The normalized spacial score (nSPS) is 11.5. The molecule has 0 bridgehead atoms. The highest BCUT2D eigenvalue weighted by molar-refractivity contribution is 9.11. The molecule has 0 unspecified atom stereocenters. The van der Waals surface area contributed by atoms with E-state index in [0.29, 0.717) is 35.7 Å². The Morgan fingerprint density at radius 2 is 1.70 bits per heavy atom. The Labute approximate surface area is 204 Å². The van der Waals surface area contributed by atoms with Crippen molar-refractivity contribution < 1.29 is 19.0 Å². The Balaban J connectivity index is 2.07. The number of hydrogen-bond donors (Lipinski definition) is 1. The summed E-state index contributed by atoms with van der Waals surface area (Å²) >= 11 is 13.3. The third kappa shape index (κ3) is 3.71. The fourth-order valence-corrected chi connectivity index (χ4v) is 5.36. The van der Waals surface area contributed by atoms with Crippen LogP contribution in [-0.4, -0.2) is 12.2 Å². The van der Waals surface area contributed by atoms with Gasteiger partial charge in [-0.3, -0.25) is 4.79 Å². The Morgan fingerprint density at radius 1 is 1.00 bits per heavy atom. The molecule has 0 fully saturated rings. The fraction of sp³-hybridized carbons (Fsp3) is 0.0476. The molecule has 1 radical (unpaired) electrons. The summed E-state index contributed by atoms with van der Waals surface area (Å²) in [6.07, 6.45) is 0.267. The van der Waals surface area contributed by atoms with E-state index in [1.807, 2.05) is 30.3 Å². The van der Waals surface area contributed by atoms with E-state index in [-0.39, 0.29) is 27.7 Å². The molecule has 0 amide bonds. The summed E-state index contributed by atoms with van der Waals surface area (Å²) < 4.78 is 19.1. The van der Waals surface area contributed by atoms with Crippen LogP contribution < -0.4 is 10.2 Å². The standard InChI is InChI=1S/C21H11Br4O5/c1-28-21(9-5-3-2-4-6-9)30-18-10-7-12(22)16(26)14(24)19(10)29-20-11(18)8-13(23)17(27)15(20)25/h2-8,26H,1H3. The predicted octanol–water partition coefficient (Wildman–Crippen LogP) is 7.22. The molecule has 0 spiro atoms. The monoisotopic (exact) mass is 659 g/mol. The van der Waals surface area contributed by atoms with Crippen molar-refractivity contribution in [3.63, 3.8) is 0 Å². The van der Waals surface area contributed by atoms with Crippen LogP contribution in [0.2, 0.25) is 0 Å². The highest BCUT2D eigenvalue weighted by atomic mass is 79.9. The average molecular weight is 663 g/mol. The Hall–Kier alpha value is -1.39. The van der Waals surface area contributed by atoms with E-state index in [0.717, 1.165) is 5.56 Å². The lowest BCUT2D eigenvalue weighted by Gasteiger charge is -2.21. The molecular formula is C21H11Br4O5. The van der Waals surface area contributed by atoms with Crippen molar-refractivity contribution in [1.82, 2.24) is 0 Å². The second-order valence-electron chi connectivity index (χ2n) is 6.17. The van der Waals surface area contributed by atoms with Gasteiger partial charge in [-0.1, -0.05) is 30.3 Å². The van der Waals surface area contributed by atoms with Crippen LogP contribution in [0.5, 0.6) is 11.5 Å². The number of benzene rings is 3. The van der Waals surface area contributed by atoms with Crippen molar-refractivity contribution in [3.8, 4) is 22.8 Å². The van der Waals surface area contributed by atoms with Gasteiger partial charge in [0.2, 0.25) is 5.43 Å². The molecule has 0 saturated heterocycles. The second kappa shape index (κ2) is 8.63. The van der Waals surface area contributed by atoms with Gasteiger partial charge < -0.3 is 19.0 Å². The molecule has 2 aliphatic rings. The number of phenols is 1. The van der Waals surface area contributed by atoms with Gasteiger partial charge in [0.25, 0.3) is 0 Å². The highest BCUT2D eigenvalue weighted by Gasteiger charge is 2.28. The zero-order valence-electron chi connectivity index (χ0n) is 15.1. The van der Waals surface area contributed by atoms with Gasteiger partial charge in [0.15, 0.2) is 11.3 Å². The van der Waals surface area contributed by atoms with E-state index >= 15 is 0 Å². The largest absolute Gasteiger partial charge is 0.505 e. The summed E-state index contributed by atoms with van der Waals surface area (Å²) in [5, 5.41) is 10.9. The molecule has 9 heteroatoms. The average Bonchev–Trinajstić information content (AvgIpc) is 2.75. The number of aromatic hydroxyl groups is 1. The van der Waals surface area contributed by atoms with Crippen LogP contribution in [0.3, 0.4) is 0 Å². The Kier molecular flexibility index (Phi) is 6.28. The molecule has 1 heterocycles. The molecular weight excluding hydrogens is 652 g/mol. The fourth-order valence-electron chi connectivity index (χ4n) is 2.95. The van der Waals surface area contributed by atoms with Crippen molar-refractivity contribution in [2.75, 3.05) is 7.11 Å². The zero-order chi connectivity index (χ0) is 21.6. The van der Waals surface area contributed by atoms with Gasteiger partial charge in [0.05, 0.1) is 19.9 Å². The van der Waals surface area contributed by atoms with Crippen molar-refractivity contribution in [2.45, 2.75) is 0 Å². The van der Waals surface area contributed by atoms with E-state index < -0.39 is 0 Å². The Morgan fingerprint density at radius 3 is 2.37 bits per heavy atom. The lowest BCUT2D eigenvalue weighted by atomic mass is 10.1. The number of methoxy groups -OCH3 is 1. The summed E-state index contributed by atoms with van der Waals surface area (Å²) in [7, 11) is 1.51. The van der Waals surface area contributed by atoms with Gasteiger partial charge in [0, 0.05) is 12.7 Å². The van der Waals surface area contributed by atoms with Gasteiger partial charge in [-0.15, -0.1) is 0 Å². The summed E-state index contributed by atoms with van der Waals surface area (Å²) in [5.74, 6) is 0.637. The van der Waals surface area contributed by atoms with E-state index in [4.69, 9.17) is 13.9 Å². The van der Waals surface area contributed by atoms with Gasteiger partial charge in [-0.2, -0.15) is 0 Å². The predicted molar refractivity (Wildman–Crippen MR) is 128 cm³/mol. The van der Waals surface area contributed by atoms with Crippen LogP contribution in [0, 0.1) is 6.29 Å². The van der Waals surface area contributed by atoms with Crippen LogP contribution in [0.1, 0.15) is 5.56 Å². The molecule has 0 aromatic heterocycles. The molecule has 1 N–H and O–H groups in total. The van der Waals surface area contributed by atoms with Gasteiger partial charge >= 0.3 is 6.29 Å². The quantitative estimate of drug-likeness (QED) is 0.234. The third-order valence-electron chi connectivity index (χ3n) is 4.36. The maximum absolute atomic E-state index is 12.4. The summed E-state index contributed by atoms with van der Waals surface area (Å²) in [5.41, 5.74) is 1.31. The van der Waals surface area contributed by atoms with Crippen molar-refractivity contribution in [2.24, 2.45) is 0 Å². The van der Waals surface area contributed by atoms with Crippen LogP contribution in [0.25, 0.3) is 22.3 Å². The molecule has 1 aliphatic heterocycles. The topological polar surface area (TPSA) is 68.9 Å². The SMILES string of the molecule is CO[C](Oc1c2cc(Br)c(=O)c(Br)c-2oc2c(Br)c(O)c(Br)cc12)c1ccccc1. The maximum atomic E-state index is 12.4. The summed E-state index contributed by atoms with van der Waals surface area (Å²) in [4.78, 5) is 12.4. The van der Waals surface area contributed by atoms with Crippen LogP contribution in [-0.2, 0) is 4.74 Å². The smallest absolute Gasteiger partial charge is 0.308 e. The number of phenolic OH excluding ortho intramolecular Hbond substituents is 1. The molecule has 2 aromatic carbocycles. The molecule has 0 saturated carbocycles. The number of hydrogen-bond acceptors (Lipinski definition) is 5. The minimum atomic E-state index is -0.270. The number of rotatable bonds is 4. The van der Waals surface area contributed by atoms with Crippen LogP contribution in [0.15, 0.2) is 69.6 Å². The molecule has 2 aromatic rings. The van der Waals surface area contributed by atoms with Crippen LogP contribution in [0.4, 0.5) is 0 Å². The first-order valence-corrected chi connectivity index (χ1v) is 11.6. The second-order valence-corrected chi connectivity index (χ2v) is 9.46. The Bertz CT molecular complexity index is 1290. The van der Waals surface area contributed by atoms with Crippen LogP contribution >= 0.6 is 63.7 Å². The first-order chi connectivity index (χ1) is 14.3. The first kappa shape index (κ1) is 21.8. The molecule has 0 atom stereocenters. The van der Waals surface area contributed by atoms with E-state index in [2.05, 4.69) is 63.7 Å². The lowest BCUT2D eigenvalue weighted by molar-refractivity contribution is 0.0816. The third-order valence-corrected chi connectivity index (χ3v) is 7.01. The first-order valence-electron chi connectivity index (χ1n) is 8.43. The maximum Gasteiger partial charge on any atom is 0.308 e. The van der Waals surface area contributed by atoms with Gasteiger partial charge in [0.1, 0.15) is 20.4 Å². The van der Waals surface area contributed by atoms with E-state index in [1.165, 1.54) is 7.11 Å². The molecule has 153 valence electrons. The van der Waals surface area contributed by atoms with Crippen molar-refractivity contribution in [1.29, 1.82) is 0 Å². The van der Waals surface area contributed by atoms with Gasteiger partial charge in [-0.25, -0.2) is 0 Å². The highest BCUT2D eigenvalue weighted by Crippen LogP contribution is 2.49. The molecule has 30 heavy (non-hydrogen) atoms. The molecule has 5 nitrogen and oxygen atoms in total. The number of halogens is 4. The van der Waals surface area contributed by atoms with Gasteiger partial charge in [-0.05, 0) is 75.9 Å². The summed E-state index contributed by atoms with van der Waals surface area (Å²) in [6.45, 7) is 0. The van der Waals surface area contributed by atoms with Crippen molar-refractivity contribution in [3.05, 3.63) is 82.4 Å². The number of ether oxygens (including phenoxy) is 2. The molecule has 1 aliphatic carbocycles. The number of fused-ring (bicyclic) bond motifs is 2. The minimum Gasteiger partial charge on any atom is -0.505 e.